The molecule has 1 aromatic rings. The molecule has 0 saturated carbocycles. The molecule has 3 heteroatoms. The number of fused-ring (bicyclic) bond motifs is 1. The normalized spacial score (nSPS) is 26.6. The molecule has 94 valence electrons. The van der Waals surface area contributed by atoms with E-state index in [1.165, 1.54) is 11.1 Å². The van der Waals surface area contributed by atoms with Crippen LogP contribution in [0.25, 0.3) is 0 Å². The predicted molar refractivity (Wildman–Crippen MR) is 69.6 cm³/mol. The highest BCUT2D eigenvalue weighted by molar-refractivity contribution is 5.37. The van der Waals surface area contributed by atoms with Crippen LogP contribution in [0.5, 0.6) is 0 Å². The number of aliphatic hydroxyl groups is 1. The van der Waals surface area contributed by atoms with Crippen molar-refractivity contribution in [2.45, 2.75) is 44.4 Å². The molecule has 1 aromatic carbocycles. The summed E-state index contributed by atoms with van der Waals surface area (Å²) in [5.41, 5.74) is 7.99. The fourth-order valence-corrected chi connectivity index (χ4v) is 2.34. The summed E-state index contributed by atoms with van der Waals surface area (Å²) >= 11 is 0. The third kappa shape index (κ3) is 2.68. The first kappa shape index (κ1) is 12.6. The molecule has 3 nitrogen and oxygen atoms in total. The molecule has 0 saturated heterocycles. The minimum atomic E-state index is -0.637. The molecule has 0 bridgehead atoms. The topological polar surface area (TPSA) is 58.3 Å². The van der Waals surface area contributed by atoms with Crippen molar-refractivity contribution in [2.75, 3.05) is 6.54 Å². The Labute approximate surface area is 103 Å². The van der Waals surface area contributed by atoms with Crippen LogP contribution >= 0.6 is 0 Å². The summed E-state index contributed by atoms with van der Waals surface area (Å²) in [5.74, 6) is 0. The molecule has 0 spiro atoms. The van der Waals surface area contributed by atoms with Crippen molar-refractivity contribution >= 4 is 0 Å². The van der Waals surface area contributed by atoms with E-state index in [9.17, 15) is 5.11 Å². The van der Waals surface area contributed by atoms with E-state index < -0.39 is 5.60 Å². The Bertz CT molecular complexity index is 390. The van der Waals surface area contributed by atoms with E-state index in [-0.39, 0.29) is 12.1 Å². The molecule has 2 rings (SSSR count). The molecular formula is C14H22N2O. The molecular weight excluding hydrogens is 212 g/mol. The summed E-state index contributed by atoms with van der Waals surface area (Å²) < 4.78 is 0. The van der Waals surface area contributed by atoms with Gasteiger partial charge in [0.05, 0.1) is 5.60 Å². The van der Waals surface area contributed by atoms with Crippen molar-refractivity contribution in [3.8, 4) is 0 Å². The average Bonchev–Trinajstić information content (AvgIpc) is 2.65. The molecule has 4 N–H and O–H groups in total. The molecule has 0 fully saturated rings. The van der Waals surface area contributed by atoms with Crippen LogP contribution in [0.1, 0.15) is 49.9 Å². The van der Waals surface area contributed by atoms with Gasteiger partial charge in [0.2, 0.25) is 0 Å². The van der Waals surface area contributed by atoms with E-state index >= 15 is 0 Å². The molecule has 0 aliphatic heterocycles. The highest BCUT2D eigenvalue weighted by atomic mass is 16.3. The van der Waals surface area contributed by atoms with Crippen molar-refractivity contribution in [1.82, 2.24) is 5.32 Å². The lowest BCUT2D eigenvalue weighted by atomic mass is 10.0. The van der Waals surface area contributed by atoms with Crippen LogP contribution in [0.3, 0.4) is 0 Å². The van der Waals surface area contributed by atoms with Gasteiger partial charge in [-0.25, -0.2) is 0 Å². The first-order valence-corrected chi connectivity index (χ1v) is 6.33. The number of benzene rings is 1. The lowest BCUT2D eigenvalue weighted by molar-refractivity contribution is 0.0526. The quantitative estimate of drug-likeness (QED) is 0.745. The summed E-state index contributed by atoms with van der Waals surface area (Å²) in [6.45, 7) is 4.46. The van der Waals surface area contributed by atoms with Gasteiger partial charge in [0.25, 0.3) is 0 Å². The largest absolute Gasteiger partial charge is 0.389 e. The summed E-state index contributed by atoms with van der Waals surface area (Å²) in [6.07, 6.45) is 1.67. The molecule has 0 aromatic heterocycles. The van der Waals surface area contributed by atoms with E-state index in [1.54, 1.807) is 0 Å². The predicted octanol–water partition coefficient (Wildman–Crippen LogP) is 1.88. The number of nitrogens with two attached hydrogens (primary N) is 1. The monoisotopic (exact) mass is 234 g/mol. The van der Waals surface area contributed by atoms with Crippen LogP contribution in [0.2, 0.25) is 0 Å². The standard InChI is InChI=1S/C14H22N2O/c1-3-14(2,17)9-16-13-8-12(15)10-6-4-5-7-11(10)13/h4-7,12-13,16-17H,3,8-9,15H2,1-2H3. The van der Waals surface area contributed by atoms with Gasteiger partial charge in [-0.3, -0.25) is 0 Å². The van der Waals surface area contributed by atoms with Gasteiger partial charge in [0.15, 0.2) is 0 Å². The Kier molecular flexibility index (Phi) is 3.52. The van der Waals surface area contributed by atoms with Crippen LogP contribution in [0, 0.1) is 0 Å². The summed E-state index contributed by atoms with van der Waals surface area (Å²) in [6, 6.07) is 8.70. The van der Waals surface area contributed by atoms with E-state index in [0.29, 0.717) is 6.54 Å². The van der Waals surface area contributed by atoms with Gasteiger partial charge >= 0.3 is 0 Å². The molecule has 17 heavy (non-hydrogen) atoms. The van der Waals surface area contributed by atoms with Gasteiger partial charge in [-0.1, -0.05) is 31.2 Å². The number of hydrogen-bond acceptors (Lipinski definition) is 3. The fourth-order valence-electron chi connectivity index (χ4n) is 2.34. The van der Waals surface area contributed by atoms with E-state index in [4.69, 9.17) is 5.73 Å². The molecule has 0 amide bonds. The van der Waals surface area contributed by atoms with Crippen LogP contribution in [0.15, 0.2) is 24.3 Å². The zero-order valence-electron chi connectivity index (χ0n) is 10.6. The van der Waals surface area contributed by atoms with Crippen molar-refractivity contribution in [1.29, 1.82) is 0 Å². The zero-order chi connectivity index (χ0) is 12.5. The van der Waals surface area contributed by atoms with Crippen LogP contribution in [-0.4, -0.2) is 17.3 Å². The minimum absolute atomic E-state index is 0.121. The van der Waals surface area contributed by atoms with E-state index in [0.717, 1.165) is 12.8 Å². The molecule has 1 aliphatic carbocycles. The third-order valence-electron chi connectivity index (χ3n) is 3.75. The highest BCUT2D eigenvalue weighted by Crippen LogP contribution is 2.37. The van der Waals surface area contributed by atoms with Crippen LogP contribution < -0.4 is 11.1 Å². The lowest BCUT2D eigenvalue weighted by Crippen LogP contribution is -2.38. The molecule has 0 radical (unpaired) electrons. The van der Waals surface area contributed by atoms with Gasteiger partial charge in [-0.15, -0.1) is 0 Å². The van der Waals surface area contributed by atoms with Gasteiger partial charge in [0.1, 0.15) is 0 Å². The fraction of sp³-hybridized carbons (Fsp3) is 0.571. The van der Waals surface area contributed by atoms with Gasteiger partial charge in [0, 0.05) is 18.6 Å². The summed E-state index contributed by atoms with van der Waals surface area (Å²) in [4.78, 5) is 0. The summed E-state index contributed by atoms with van der Waals surface area (Å²) in [7, 11) is 0. The second kappa shape index (κ2) is 4.77. The smallest absolute Gasteiger partial charge is 0.0741 e. The van der Waals surface area contributed by atoms with Crippen molar-refractivity contribution in [3.05, 3.63) is 35.4 Å². The van der Waals surface area contributed by atoms with E-state index in [2.05, 4.69) is 17.4 Å². The van der Waals surface area contributed by atoms with Crippen LogP contribution in [-0.2, 0) is 0 Å². The van der Waals surface area contributed by atoms with Crippen LogP contribution in [0.4, 0.5) is 0 Å². The second-order valence-electron chi connectivity index (χ2n) is 5.26. The number of hydrogen-bond donors (Lipinski definition) is 3. The average molecular weight is 234 g/mol. The number of rotatable bonds is 4. The van der Waals surface area contributed by atoms with Gasteiger partial charge in [-0.2, -0.15) is 0 Å². The third-order valence-corrected chi connectivity index (χ3v) is 3.75. The van der Waals surface area contributed by atoms with Crippen molar-refractivity contribution in [3.63, 3.8) is 0 Å². The summed E-state index contributed by atoms with van der Waals surface area (Å²) in [5, 5.41) is 13.4. The first-order valence-electron chi connectivity index (χ1n) is 6.33. The maximum absolute atomic E-state index is 10.0. The molecule has 3 unspecified atom stereocenters. The zero-order valence-corrected chi connectivity index (χ0v) is 10.6. The highest BCUT2D eigenvalue weighted by Gasteiger charge is 2.29. The second-order valence-corrected chi connectivity index (χ2v) is 5.26. The maximum Gasteiger partial charge on any atom is 0.0741 e. The molecule has 0 heterocycles. The van der Waals surface area contributed by atoms with Crippen molar-refractivity contribution in [2.24, 2.45) is 5.73 Å². The Hall–Kier alpha value is -0.900. The maximum atomic E-state index is 10.0. The molecule has 3 atom stereocenters. The minimum Gasteiger partial charge on any atom is -0.389 e. The number of nitrogens with one attached hydrogen (secondary N) is 1. The Morgan fingerprint density at radius 3 is 2.71 bits per heavy atom. The van der Waals surface area contributed by atoms with Crippen molar-refractivity contribution < 1.29 is 5.11 Å². The van der Waals surface area contributed by atoms with Gasteiger partial charge < -0.3 is 16.2 Å². The Balaban J connectivity index is 2.05. The first-order chi connectivity index (χ1) is 8.03. The van der Waals surface area contributed by atoms with E-state index in [1.807, 2.05) is 26.0 Å². The Morgan fingerprint density at radius 1 is 1.41 bits per heavy atom. The Morgan fingerprint density at radius 2 is 2.06 bits per heavy atom. The lowest BCUT2D eigenvalue weighted by Gasteiger charge is -2.24. The molecule has 1 aliphatic rings. The SMILES string of the molecule is CCC(C)(O)CNC1CC(N)c2ccccc21. The van der Waals surface area contributed by atoms with Gasteiger partial charge in [-0.05, 0) is 30.9 Å².